The van der Waals surface area contributed by atoms with Gasteiger partial charge in [-0.2, -0.15) is 0 Å². The van der Waals surface area contributed by atoms with E-state index in [-0.39, 0.29) is 11.9 Å². The molecule has 0 radical (unpaired) electrons. The lowest BCUT2D eigenvalue weighted by atomic mass is 10.1. The molecule has 3 aromatic rings. The maximum absolute atomic E-state index is 13.2. The van der Waals surface area contributed by atoms with E-state index < -0.39 is 0 Å². The van der Waals surface area contributed by atoms with E-state index in [0.717, 1.165) is 28.8 Å². The van der Waals surface area contributed by atoms with Crippen molar-refractivity contribution in [1.29, 1.82) is 0 Å². The Morgan fingerprint density at radius 1 is 1.26 bits per heavy atom. The fourth-order valence-electron chi connectivity index (χ4n) is 3.41. The molecule has 1 aliphatic heterocycles. The largest absolute Gasteiger partial charge is 0.497 e. The van der Waals surface area contributed by atoms with Gasteiger partial charge in [0.2, 0.25) is 0 Å². The fourth-order valence-corrected chi connectivity index (χ4v) is 3.41. The van der Waals surface area contributed by atoms with Gasteiger partial charge in [-0.1, -0.05) is 18.2 Å². The highest BCUT2D eigenvalue weighted by Gasteiger charge is 2.32. The number of hydrogen-bond acceptors (Lipinski definition) is 2. The van der Waals surface area contributed by atoms with E-state index >= 15 is 0 Å². The first-order valence-corrected chi connectivity index (χ1v) is 7.75. The highest BCUT2D eigenvalue weighted by molar-refractivity contribution is 6.15. The van der Waals surface area contributed by atoms with Crippen molar-refractivity contribution in [2.45, 2.75) is 19.4 Å². The van der Waals surface area contributed by atoms with E-state index in [9.17, 15) is 4.79 Å². The Labute approximate surface area is 134 Å². The number of aromatic amines is 1. The number of methoxy groups -OCH3 is 1. The topological polar surface area (TPSA) is 45.3 Å². The molecule has 1 atom stereocenters. The van der Waals surface area contributed by atoms with Gasteiger partial charge in [-0.25, -0.2) is 0 Å². The van der Waals surface area contributed by atoms with Crippen LogP contribution in [0, 0.1) is 0 Å². The highest BCUT2D eigenvalue weighted by atomic mass is 16.5. The van der Waals surface area contributed by atoms with Crippen LogP contribution in [0.25, 0.3) is 10.9 Å². The van der Waals surface area contributed by atoms with Crippen LogP contribution in [0.2, 0.25) is 0 Å². The Kier molecular flexibility index (Phi) is 3.11. The number of benzene rings is 2. The van der Waals surface area contributed by atoms with Crippen LogP contribution in [-0.4, -0.2) is 24.0 Å². The van der Waals surface area contributed by atoms with Gasteiger partial charge < -0.3 is 14.6 Å². The summed E-state index contributed by atoms with van der Waals surface area (Å²) in [6.45, 7) is 2.09. The molecule has 2 aromatic carbocycles. The van der Waals surface area contributed by atoms with E-state index in [1.165, 1.54) is 5.56 Å². The number of nitrogens with one attached hydrogen (secondary N) is 1. The molecule has 1 aromatic heterocycles. The fraction of sp³-hybridized carbons (Fsp3) is 0.211. The lowest BCUT2D eigenvalue weighted by molar-refractivity contribution is 0.0983. The number of amides is 1. The minimum Gasteiger partial charge on any atom is -0.497 e. The molecule has 0 saturated heterocycles. The van der Waals surface area contributed by atoms with Crippen LogP contribution in [-0.2, 0) is 6.42 Å². The number of H-pyrrole nitrogens is 1. The molecule has 0 fully saturated rings. The minimum atomic E-state index is 0.0296. The number of anilines is 1. The summed E-state index contributed by atoms with van der Waals surface area (Å²) < 4.78 is 5.29. The lowest BCUT2D eigenvalue weighted by Gasteiger charge is -2.22. The third-order valence-electron chi connectivity index (χ3n) is 4.55. The van der Waals surface area contributed by atoms with Gasteiger partial charge in [-0.3, -0.25) is 4.79 Å². The zero-order valence-electron chi connectivity index (χ0n) is 13.2. The first kappa shape index (κ1) is 13.9. The molecule has 4 heteroatoms. The second kappa shape index (κ2) is 5.16. The Morgan fingerprint density at radius 3 is 2.91 bits per heavy atom. The number of nitrogens with zero attached hydrogens (tertiary/aromatic N) is 1. The molecular weight excluding hydrogens is 288 g/mol. The van der Waals surface area contributed by atoms with Crippen LogP contribution in [0.15, 0.2) is 48.7 Å². The summed E-state index contributed by atoms with van der Waals surface area (Å²) in [5.74, 6) is 0.781. The zero-order valence-corrected chi connectivity index (χ0v) is 13.2. The number of hydrogen-bond donors (Lipinski definition) is 1. The molecule has 0 bridgehead atoms. The molecule has 23 heavy (non-hydrogen) atoms. The normalized spacial score (nSPS) is 16.6. The van der Waals surface area contributed by atoms with Gasteiger partial charge in [0.25, 0.3) is 5.91 Å². The summed E-state index contributed by atoms with van der Waals surface area (Å²) in [4.78, 5) is 18.2. The van der Waals surface area contributed by atoms with Crippen LogP contribution in [0.4, 0.5) is 5.69 Å². The number of rotatable bonds is 2. The van der Waals surface area contributed by atoms with E-state index in [1.54, 1.807) is 13.3 Å². The smallest absolute Gasteiger partial charge is 0.260 e. The molecule has 0 spiro atoms. The molecule has 2 heterocycles. The molecule has 1 amide bonds. The first-order chi connectivity index (χ1) is 11.2. The predicted molar refractivity (Wildman–Crippen MR) is 91.3 cm³/mol. The van der Waals surface area contributed by atoms with E-state index in [0.29, 0.717) is 5.56 Å². The van der Waals surface area contributed by atoms with E-state index in [1.807, 2.05) is 41.3 Å². The van der Waals surface area contributed by atoms with Gasteiger partial charge in [0.05, 0.1) is 12.7 Å². The number of fused-ring (bicyclic) bond motifs is 2. The average Bonchev–Trinajstić information content (AvgIpc) is 3.13. The predicted octanol–water partition coefficient (Wildman–Crippen LogP) is 3.77. The Hall–Kier alpha value is -2.75. The van der Waals surface area contributed by atoms with Crippen molar-refractivity contribution in [3.63, 3.8) is 0 Å². The van der Waals surface area contributed by atoms with Crippen molar-refractivity contribution in [3.05, 3.63) is 59.8 Å². The summed E-state index contributed by atoms with van der Waals surface area (Å²) in [5.41, 5.74) is 3.87. The van der Waals surface area contributed by atoms with Crippen molar-refractivity contribution < 1.29 is 9.53 Å². The minimum absolute atomic E-state index is 0.0296. The van der Waals surface area contributed by atoms with Crippen molar-refractivity contribution in [2.24, 2.45) is 0 Å². The van der Waals surface area contributed by atoms with Crippen molar-refractivity contribution in [1.82, 2.24) is 4.98 Å². The second-order valence-electron chi connectivity index (χ2n) is 5.97. The number of para-hydroxylation sites is 1. The van der Waals surface area contributed by atoms with Gasteiger partial charge in [0.15, 0.2) is 0 Å². The summed E-state index contributed by atoms with van der Waals surface area (Å²) in [7, 11) is 1.63. The number of ether oxygens (including phenoxy) is 1. The Bertz CT molecular complexity index is 897. The van der Waals surface area contributed by atoms with Crippen LogP contribution in [0.1, 0.15) is 22.8 Å². The first-order valence-electron chi connectivity index (χ1n) is 7.75. The maximum Gasteiger partial charge on any atom is 0.260 e. The van der Waals surface area contributed by atoms with Crippen LogP contribution in [0.3, 0.4) is 0 Å². The quantitative estimate of drug-likeness (QED) is 0.783. The van der Waals surface area contributed by atoms with E-state index in [4.69, 9.17) is 4.74 Å². The second-order valence-corrected chi connectivity index (χ2v) is 5.97. The number of carbonyl (C=O) groups excluding carboxylic acids is 1. The highest BCUT2D eigenvalue weighted by Crippen LogP contribution is 2.34. The molecule has 1 unspecified atom stereocenters. The van der Waals surface area contributed by atoms with Gasteiger partial charge in [-0.15, -0.1) is 0 Å². The van der Waals surface area contributed by atoms with Gasteiger partial charge in [0, 0.05) is 28.8 Å². The molecule has 116 valence electrons. The molecule has 1 N–H and O–H groups in total. The molecule has 1 aliphatic rings. The van der Waals surface area contributed by atoms with Crippen LogP contribution >= 0.6 is 0 Å². The SMILES string of the molecule is COc1ccc2[nH]cc(C(=O)N3c4ccccc4CC3C)c2c1. The van der Waals surface area contributed by atoms with Crippen molar-refractivity contribution in [2.75, 3.05) is 12.0 Å². The van der Waals surface area contributed by atoms with Crippen molar-refractivity contribution >= 4 is 22.5 Å². The maximum atomic E-state index is 13.2. The third kappa shape index (κ3) is 2.10. The summed E-state index contributed by atoms with van der Waals surface area (Å²) in [6, 6.07) is 14.0. The van der Waals surface area contributed by atoms with Crippen molar-refractivity contribution in [3.8, 4) is 5.75 Å². The average molecular weight is 306 g/mol. The molecule has 0 saturated carbocycles. The summed E-state index contributed by atoms with van der Waals surface area (Å²) >= 11 is 0. The van der Waals surface area contributed by atoms with E-state index in [2.05, 4.69) is 18.0 Å². The third-order valence-corrected chi connectivity index (χ3v) is 4.55. The van der Waals surface area contributed by atoms with Gasteiger partial charge in [-0.05, 0) is 43.2 Å². The Morgan fingerprint density at radius 2 is 2.09 bits per heavy atom. The molecule has 4 nitrogen and oxygen atoms in total. The van der Waals surface area contributed by atoms with Crippen LogP contribution in [0.5, 0.6) is 5.75 Å². The standard InChI is InChI=1S/C19H18N2O2/c1-12-9-13-5-3-4-6-18(13)21(12)19(22)16-11-20-17-8-7-14(23-2)10-15(16)17/h3-8,10-12,20H,9H2,1-2H3. The van der Waals surface area contributed by atoms with Gasteiger partial charge in [0.1, 0.15) is 5.75 Å². The Balaban J connectivity index is 1.81. The lowest BCUT2D eigenvalue weighted by Crippen LogP contribution is -2.35. The summed E-state index contributed by atoms with van der Waals surface area (Å²) in [6.07, 6.45) is 2.69. The molecular formula is C19H18N2O2. The number of carbonyl (C=O) groups is 1. The molecule has 4 rings (SSSR count). The van der Waals surface area contributed by atoms with Crippen LogP contribution < -0.4 is 9.64 Å². The monoisotopic (exact) mass is 306 g/mol. The summed E-state index contributed by atoms with van der Waals surface area (Å²) in [5, 5.41) is 0.894. The zero-order chi connectivity index (χ0) is 16.0. The van der Waals surface area contributed by atoms with Gasteiger partial charge >= 0.3 is 0 Å². The number of aromatic nitrogens is 1. The molecule has 0 aliphatic carbocycles.